The summed E-state index contributed by atoms with van der Waals surface area (Å²) in [5, 5.41) is 4.02. The average Bonchev–Trinajstić information content (AvgIpc) is 3.44. The molecule has 0 bridgehead atoms. The van der Waals surface area contributed by atoms with Gasteiger partial charge in [0.2, 0.25) is 5.91 Å². The van der Waals surface area contributed by atoms with Crippen LogP contribution in [0.5, 0.6) is 0 Å². The number of para-hydroxylation sites is 1. The molecule has 2 aliphatic heterocycles. The fraction of sp³-hybridized carbons (Fsp3) is 0.409. The van der Waals surface area contributed by atoms with E-state index in [0.29, 0.717) is 15.8 Å². The van der Waals surface area contributed by atoms with Crippen molar-refractivity contribution in [1.29, 1.82) is 0 Å². The van der Waals surface area contributed by atoms with Crippen LogP contribution in [-0.4, -0.2) is 51.9 Å². The first-order chi connectivity index (χ1) is 14.5. The molecule has 1 aromatic carbocycles. The van der Waals surface area contributed by atoms with Crippen molar-refractivity contribution < 1.29 is 14.3 Å². The first-order valence-electron chi connectivity index (χ1n) is 10.2. The quantitative estimate of drug-likeness (QED) is 0.548. The average molecular weight is 444 g/mol. The zero-order valence-corrected chi connectivity index (χ0v) is 18.8. The largest absolute Gasteiger partial charge is 0.376 e. The Bertz CT molecular complexity index is 1040. The molecule has 0 spiro atoms. The predicted octanol–water partition coefficient (Wildman–Crippen LogP) is 3.33. The van der Waals surface area contributed by atoms with E-state index in [-0.39, 0.29) is 24.5 Å². The number of carbonyl (C=O) groups excluding carboxylic acids is 2. The molecule has 1 atom stereocenters. The number of rotatable bonds is 6. The maximum Gasteiger partial charge on any atom is 0.265 e. The second kappa shape index (κ2) is 8.91. The van der Waals surface area contributed by atoms with Gasteiger partial charge in [0, 0.05) is 37.3 Å². The number of nitrogens with zero attached hydrogens (tertiary/aromatic N) is 2. The standard InChI is InChI=1S/C22H25N3O3S2/c1-3-14-6-4-8-17-15(10-18-21(27)24(2)22(29)30-18)12-25(20(14)17)13-19(26)23-11-16-7-5-9-28-16/h4,6,8,10,12,16H,3,5,7,9,11,13H2,1-2H3,(H,23,26)/b18-10-/t16-/m0/s1. The maximum absolute atomic E-state index is 12.6. The van der Waals surface area contributed by atoms with Crippen LogP contribution in [0.2, 0.25) is 0 Å². The van der Waals surface area contributed by atoms with Crippen LogP contribution in [0.15, 0.2) is 29.3 Å². The Balaban J connectivity index is 1.63. The van der Waals surface area contributed by atoms with Gasteiger partial charge in [-0.2, -0.15) is 0 Å². The minimum atomic E-state index is -0.0909. The summed E-state index contributed by atoms with van der Waals surface area (Å²) < 4.78 is 8.13. The van der Waals surface area contributed by atoms with Crippen molar-refractivity contribution in [3.8, 4) is 0 Å². The third-order valence-corrected chi connectivity index (χ3v) is 7.02. The Morgan fingerprint density at radius 3 is 2.93 bits per heavy atom. The Kier molecular flexibility index (Phi) is 6.26. The summed E-state index contributed by atoms with van der Waals surface area (Å²) in [5.41, 5.74) is 3.12. The van der Waals surface area contributed by atoms with Crippen LogP contribution in [0.25, 0.3) is 17.0 Å². The van der Waals surface area contributed by atoms with Crippen molar-refractivity contribution >= 4 is 57.1 Å². The predicted molar refractivity (Wildman–Crippen MR) is 124 cm³/mol. The molecule has 1 N–H and O–H groups in total. The van der Waals surface area contributed by atoms with E-state index in [1.807, 2.05) is 29.0 Å². The monoisotopic (exact) mass is 443 g/mol. The van der Waals surface area contributed by atoms with E-state index >= 15 is 0 Å². The molecule has 8 heteroatoms. The van der Waals surface area contributed by atoms with Crippen LogP contribution in [0.1, 0.15) is 30.9 Å². The third-order valence-electron chi connectivity index (χ3n) is 5.53. The number of aromatic nitrogens is 1. The number of ether oxygens (including phenoxy) is 1. The summed E-state index contributed by atoms with van der Waals surface area (Å²) in [6.45, 7) is 3.65. The highest BCUT2D eigenvalue weighted by molar-refractivity contribution is 8.26. The molecule has 158 valence electrons. The van der Waals surface area contributed by atoms with Crippen molar-refractivity contribution in [2.75, 3.05) is 20.2 Å². The molecule has 0 unspecified atom stereocenters. The summed E-state index contributed by atoms with van der Waals surface area (Å²) in [4.78, 5) is 27.2. The van der Waals surface area contributed by atoms with Crippen molar-refractivity contribution in [1.82, 2.24) is 14.8 Å². The molecule has 1 aromatic heterocycles. The number of hydrogen-bond acceptors (Lipinski definition) is 5. The van der Waals surface area contributed by atoms with E-state index in [2.05, 4.69) is 18.3 Å². The molecule has 0 saturated carbocycles. The van der Waals surface area contributed by atoms with Crippen LogP contribution in [0, 0.1) is 0 Å². The van der Waals surface area contributed by atoms with Crippen LogP contribution in [-0.2, 0) is 27.3 Å². The van der Waals surface area contributed by atoms with Crippen LogP contribution >= 0.6 is 24.0 Å². The second-order valence-corrected chi connectivity index (χ2v) is 9.23. The highest BCUT2D eigenvalue weighted by atomic mass is 32.2. The molecule has 3 heterocycles. The molecule has 0 radical (unpaired) electrons. The number of carbonyl (C=O) groups is 2. The highest BCUT2D eigenvalue weighted by Gasteiger charge is 2.29. The summed E-state index contributed by atoms with van der Waals surface area (Å²) in [7, 11) is 1.69. The van der Waals surface area contributed by atoms with Crippen molar-refractivity contribution in [2.24, 2.45) is 0 Å². The topological polar surface area (TPSA) is 63.6 Å². The van der Waals surface area contributed by atoms with E-state index in [4.69, 9.17) is 17.0 Å². The van der Waals surface area contributed by atoms with Gasteiger partial charge in [0.05, 0.1) is 16.5 Å². The van der Waals surface area contributed by atoms with Crippen molar-refractivity contribution in [2.45, 2.75) is 38.8 Å². The molecule has 4 rings (SSSR count). The Morgan fingerprint density at radius 2 is 2.27 bits per heavy atom. The SMILES string of the molecule is CCc1cccc2c(/C=C3\SC(=S)N(C)C3=O)cn(CC(=O)NC[C@@H]3CCCO3)c12. The van der Waals surface area contributed by atoms with E-state index in [9.17, 15) is 9.59 Å². The molecule has 2 fully saturated rings. The molecule has 0 aliphatic carbocycles. The second-order valence-electron chi connectivity index (χ2n) is 7.56. The fourth-order valence-electron chi connectivity index (χ4n) is 3.92. The van der Waals surface area contributed by atoms with Gasteiger partial charge in [0.25, 0.3) is 5.91 Å². The van der Waals surface area contributed by atoms with Crippen LogP contribution in [0.3, 0.4) is 0 Å². The van der Waals surface area contributed by atoms with E-state index in [0.717, 1.165) is 42.3 Å². The minimum absolute atomic E-state index is 0.0419. The lowest BCUT2D eigenvalue weighted by atomic mass is 10.1. The summed E-state index contributed by atoms with van der Waals surface area (Å²) in [6.07, 6.45) is 6.86. The minimum Gasteiger partial charge on any atom is -0.376 e. The van der Waals surface area contributed by atoms with E-state index < -0.39 is 0 Å². The smallest absolute Gasteiger partial charge is 0.265 e. The van der Waals surface area contributed by atoms with Gasteiger partial charge in [-0.1, -0.05) is 49.1 Å². The Morgan fingerprint density at radius 1 is 1.43 bits per heavy atom. The number of aryl methyl sites for hydroxylation is 1. The van der Waals surface area contributed by atoms with E-state index in [1.165, 1.54) is 22.2 Å². The number of likely N-dealkylation sites (N-methyl/N-ethyl adjacent to an activating group) is 1. The van der Waals surface area contributed by atoms with Gasteiger partial charge in [-0.15, -0.1) is 0 Å². The molecule has 2 saturated heterocycles. The van der Waals surface area contributed by atoms with Gasteiger partial charge >= 0.3 is 0 Å². The molecule has 2 aromatic rings. The zero-order chi connectivity index (χ0) is 21.3. The number of thioether (sulfide) groups is 1. The number of benzene rings is 1. The first kappa shape index (κ1) is 21.1. The fourth-order valence-corrected chi connectivity index (χ4v) is 5.09. The van der Waals surface area contributed by atoms with Gasteiger partial charge in [0.15, 0.2) is 0 Å². The number of nitrogens with one attached hydrogen (secondary N) is 1. The third kappa shape index (κ3) is 4.17. The maximum atomic E-state index is 12.6. The highest BCUT2D eigenvalue weighted by Crippen LogP contribution is 2.34. The molecule has 2 aliphatic rings. The van der Waals surface area contributed by atoms with Crippen LogP contribution < -0.4 is 5.32 Å². The molecular formula is C22H25N3O3S2. The number of thiocarbonyl (C=S) groups is 1. The lowest BCUT2D eigenvalue weighted by molar-refractivity contribution is -0.122. The van der Waals surface area contributed by atoms with Crippen molar-refractivity contribution in [3.05, 3.63) is 40.4 Å². The van der Waals surface area contributed by atoms with Gasteiger partial charge in [-0.25, -0.2) is 0 Å². The lowest BCUT2D eigenvalue weighted by Gasteiger charge is -2.12. The van der Waals surface area contributed by atoms with Crippen LogP contribution in [0.4, 0.5) is 0 Å². The van der Waals surface area contributed by atoms with Gasteiger partial charge in [-0.05, 0) is 30.9 Å². The molecule has 2 amide bonds. The number of fused-ring (bicyclic) bond motifs is 1. The summed E-state index contributed by atoms with van der Waals surface area (Å²) >= 11 is 6.55. The summed E-state index contributed by atoms with van der Waals surface area (Å²) in [5.74, 6) is -0.133. The first-order valence-corrected chi connectivity index (χ1v) is 11.4. The Hall–Kier alpha value is -2.16. The number of amides is 2. The van der Waals surface area contributed by atoms with E-state index in [1.54, 1.807) is 7.05 Å². The van der Waals surface area contributed by atoms with Gasteiger partial charge in [0.1, 0.15) is 10.9 Å². The number of hydrogen-bond donors (Lipinski definition) is 1. The normalized spacial score (nSPS) is 20.7. The lowest BCUT2D eigenvalue weighted by Crippen LogP contribution is -2.34. The molecular weight excluding hydrogens is 418 g/mol. The summed E-state index contributed by atoms with van der Waals surface area (Å²) in [6, 6.07) is 6.14. The van der Waals surface area contributed by atoms with Gasteiger partial charge in [-0.3, -0.25) is 14.5 Å². The Labute approximate surface area is 185 Å². The zero-order valence-electron chi connectivity index (χ0n) is 17.1. The van der Waals surface area contributed by atoms with Gasteiger partial charge < -0.3 is 14.6 Å². The molecule has 30 heavy (non-hydrogen) atoms. The molecule has 6 nitrogen and oxygen atoms in total. The van der Waals surface area contributed by atoms with Crippen molar-refractivity contribution in [3.63, 3.8) is 0 Å².